The van der Waals surface area contributed by atoms with Crippen LogP contribution in [0.2, 0.25) is 5.02 Å². The molecular formula is C40H46ClN7O6S. The molecule has 4 heterocycles. The number of ether oxygens (including phenoxy) is 1. The molecule has 2 aliphatic rings. The molecule has 1 fully saturated rings. The molecule has 0 radical (unpaired) electrons. The van der Waals surface area contributed by atoms with Crippen LogP contribution < -0.4 is 10.6 Å². The van der Waals surface area contributed by atoms with Crippen LogP contribution in [0.1, 0.15) is 102 Å². The van der Waals surface area contributed by atoms with E-state index in [1.807, 2.05) is 35.8 Å². The molecule has 2 aromatic carbocycles. The first-order valence-corrected chi connectivity index (χ1v) is 19.6. The molecule has 2 aliphatic heterocycles. The normalized spacial score (nSPS) is 15.7. The highest BCUT2D eigenvalue weighted by Crippen LogP contribution is 2.40. The van der Waals surface area contributed by atoms with Crippen molar-refractivity contribution in [2.45, 2.75) is 85.3 Å². The second kappa shape index (κ2) is 16.3. The molecule has 1 atom stereocenters. The molecule has 0 bridgehead atoms. The number of halogens is 1. The number of carboxylic acids is 1. The van der Waals surface area contributed by atoms with Gasteiger partial charge in [-0.3, -0.25) is 19.1 Å². The zero-order chi connectivity index (χ0) is 39.6. The van der Waals surface area contributed by atoms with Gasteiger partial charge in [-0.1, -0.05) is 23.7 Å². The lowest BCUT2D eigenvalue weighted by molar-refractivity contribution is -0.134. The highest BCUT2D eigenvalue weighted by Gasteiger charge is 2.35. The molecule has 0 saturated carbocycles. The third-order valence-electron chi connectivity index (χ3n) is 9.84. The molecule has 3 N–H and O–H groups in total. The molecule has 13 nitrogen and oxygen atoms in total. The van der Waals surface area contributed by atoms with Gasteiger partial charge in [0.1, 0.15) is 22.5 Å². The fourth-order valence-electron chi connectivity index (χ4n) is 6.93. The molecule has 4 aromatic rings. The number of fused-ring (bicyclic) bond motifs is 3. The monoisotopic (exact) mass is 787 g/mol. The van der Waals surface area contributed by atoms with Gasteiger partial charge in [-0.05, 0) is 109 Å². The maximum absolute atomic E-state index is 13.9. The molecule has 2 aromatic heterocycles. The van der Waals surface area contributed by atoms with Crippen LogP contribution in [0.25, 0.3) is 5.00 Å². The molecule has 55 heavy (non-hydrogen) atoms. The van der Waals surface area contributed by atoms with Gasteiger partial charge in [0.15, 0.2) is 5.82 Å². The van der Waals surface area contributed by atoms with Gasteiger partial charge >= 0.3 is 12.1 Å². The van der Waals surface area contributed by atoms with Gasteiger partial charge in [0, 0.05) is 52.3 Å². The minimum Gasteiger partial charge on any atom is -0.478 e. The first kappa shape index (κ1) is 39.6. The van der Waals surface area contributed by atoms with E-state index in [1.54, 1.807) is 49.1 Å². The average molecular weight is 788 g/mol. The van der Waals surface area contributed by atoms with Crippen LogP contribution in [0.5, 0.6) is 0 Å². The van der Waals surface area contributed by atoms with Crippen LogP contribution in [0.3, 0.4) is 0 Å². The number of benzene rings is 2. The molecule has 6 rings (SSSR count). The fourth-order valence-corrected chi connectivity index (χ4v) is 8.27. The lowest BCUT2D eigenvalue weighted by Gasteiger charge is -2.32. The van der Waals surface area contributed by atoms with Crippen molar-refractivity contribution in [1.82, 2.24) is 25.0 Å². The summed E-state index contributed by atoms with van der Waals surface area (Å²) in [7, 11) is 0. The summed E-state index contributed by atoms with van der Waals surface area (Å²) in [5, 5.41) is 25.9. The molecule has 1 saturated heterocycles. The van der Waals surface area contributed by atoms with E-state index in [1.165, 1.54) is 6.07 Å². The predicted molar refractivity (Wildman–Crippen MR) is 212 cm³/mol. The second-order valence-corrected chi connectivity index (χ2v) is 16.6. The minimum absolute atomic E-state index is 0.0801. The van der Waals surface area contributed by atoms with E-state index < -0.39 is 23.7 Å². The van der Waals surface area contributed by atoms with E-state index in [4.69, 9.17) is 21.3 Å². The van der Waals surface area contributed by atoms with E-state index in [-0.39, 0.29) is 29.7 Å². The van der Waals surface area contributed by atoms with Gasteiger partial charge in [-0.15, -0.1) is 21.5 Å². The number of anilines is 1. The maximum Gasteiger partial charge on any atom is 0.407 e. The smallest absolute Gasteiger partial charge is 0.407 e. The Hall–Kier alpha value is -5.08. The first-order chi connectivity index (χ1) is 26.1. The molecule has 0 unspecified atom stereocenters. The van der Waals surface area contributed by atoms with E-state index in [0.29, 0.717) is 73.2 Å². The van der Waals surface area contributed by atoms with Crippen LogP contribution >= 0.6 is 22.9 Å². The number of aromatic carboxylic acids is 1. The number of rotatable bonds is 10. The summed E-state index contributed by atoms with van der Waals surface area (Å²) in [5.41, 5.74) is 4.33. The van der Waals surface area contributed by atoms with E-state index in [9.17, 15) is 24.3 Å². The number of hydrogen-bond acceptors (Lipinski definition) is 9. The van der Waals surface area contributed by atoms with E-state index >= 15 is 0 Å². The number of nitrogens with zero attached hydrogens (tertiary/aromatic N) is 5. The van der Waals surface area contributed by atoms with Crippen molar-refractivity contribution in [1.29, 1.82) is 0 Å². The number of thiophene rings is 1. The third kappa shape index (κ3) is 9.08. The van der Waals surface area contributed by atoms with Gasteiger partial charge in [0.25, 0.3) is 0 Å². The quantitative estimate of drug-likeness (QED) is 0.142. The summed E-state index contributed by atoms with van der Waals surface area (Å²) in [6.07, 6.45) is 1.35. The van der Waals surface area contributed by atoms with Crippen molar-refractivity contribution in [3.05, 3.63) is 91.8 Å². The third-order valence-corrected chi connectivity index (χ3v) is 11.3. The molecule has 3 amide bonds. The number of nitrogens with one attached hydrogen (secondary N) is 2. The zero-order valence-electron chi connectivity index (χ0n) is 31.9. The number of likely N-dealkylation sites (tertiary alicyclic amines) is 1. The molecule has 15 heteroatoms. The Kier molecular flexibility index (Phi) is 11.8. The Morgan fingerprint density at radius 2 is 1.73 bits per heavy atom. The molecule has 0 aliphatic carbocycles. The van der Waals surface area contributed by atoms with Gasteiger partial charge in [-0.25, -0.2) is 9.59 Å². The Morgan fingerprint density at radius 1 is 1.02 bits per heavy atom. The highest BCUT2D eigenvalue weighted by molar-refractivity contribution is 7.15. The standard InChI is InChI=1S/C40H46ClN7O6S/c1-22-23(2)55-37-33(22)34(25-9-11-28(41)12-10-25)44-31(35-46-45-24(3)48(35)37)21-32(49)47-18-15-26(16-19-47)36(50)43-29-13-14-30(38(51)52)27(20-29)8-7-17-42-39(53)54-40(4,5)6/h9-14,20,26,31H,7-8,15-19,21H2,1-6H3,(H,42,53)(H,43,50)(H,51,52)/t31-/m0/s1. The lowest BCUT2D eigenvalue weighted by atomic mass is 9.95. The summed E-state index contributed by atoms with van der Waals surface area (Å²) < 4.78 is 7.28. The van der Waals surface area contributed by atoms with Crippen LogP contribution in [0.4, 0.5) is 10.5 Å². The van der Waals surface area contributed by atoms with Crippen LogP contribution in [-0.2, 0) is 20.7 Å². The lowest BCUT2D eigenvalue weighted by Crippen LogP contribution is -2.41. The number of aryl methyl sites for hydroxylation is 3. The SMILES string of the molecule is Cc1sc2c(c1C)C(c1ccc(Cl)cc1)=N[C@@H](CC(=O)N1CCC(C(=O)Nc3ccc(C(=O)O)c(CCCNC(=O)OC(C)(C)C)c3)CC1)c1nnc(C)n1-2. The number of hydrogen-bond donors (Lipinski definition) is 3. The first-order valence-electron chi connectivity index (χ1n) is 18.4. The molecule has 290 valence electrons. The number of carbonyl (C=O) groups is 4. The number of amides is 3. The van der Waals surface area contributed by atoms with Gasteiger partial charge in [0.2, 0.25) is 11.8 Å². The van der Waals surface area contributed by atoms with Crippen molar-refractivity contribution in [3.8, 4) is 5.00 Å². The number of carboxylic acid groups (broad SMARTS) is 1. The minimum atomic E-state index is -1.07. The summed E-state index contributed by atoms with van der Waals surface area (Å²) >= 11 is 7.90. The topological polar surface area (TPSA) is 168 Å². The summed E-state index contributed by atoms with van der Waals surface area (Å²) in [4.78, 5) is 59.4. The molecular weight excluding hydrogens is 742 g/mol. The number of alkyl carbamates (subject to hydrolysis) is 1. The van der Waals surface area contributed by atoms with E-state index in [2.05, 4.69) is 34.7 Å². The second-order valence-electron chi connectivity index (χ2n) is 15.0. The van der Waals surface area contributed by atoms with Crippen molar-refractivity contribution in [3.63, 3.8) is 0 Å². The van der Waals surface area contributed by atoms with Crippen molar-refractivity contribution in [2.75, 3.05) is 25.0 Å². The van der Waals surface area contributed by atoms with Gasteiger partial charge in [-0.2, -0.15) is 0 Å². The molecule has 0 spiro atoms. The number of aromatic nitrogens is 3. The van der Waals surface area contributed by atoms with E-state index in [0.717, 1.165) is 32.3 Å². The van der Waals surface area contributed by atoms with Crippen LogP contribution in [0, 0.1) is 26.7 Å². The van der Waals surface area contributed by atoms with Crippen molar-refractivity contribution in [2.24, 2.45) is 10.9 Å². The Labute approximate surface area is 329 Å². The van der Waals surface area contributed by atoms with Crippen LogP contribution in [0.15, 0.2) is 47.5 Å². The summed E-state index contributed by atoms with van der Waals surface area (Å²) in [5.74, 6) is -0.339. The van der Waals surface area contributed by atoms with Crippen LogP contribution in [-0.4, -0.2) is 79.6 Å². The Balaban J connectivity index is 1.10. The van der Waals surface area contributed by atoms with Crippen molar-refractivity contribution >= 4 is 58.2 Å². The highest BCUT2D eigenvalue weighted by atomic mass is 35.5. The number of carbonyl (C=O) groups excluding carboxylic acids is 3. The van der Waals surface area contributed by atoms with Gasteiger partial charge < -0.3 is 25.4 Å². The van der Waals surface area contributed by atoms with Gasteiger partial charge in [0.05, 0.1) is 17.7 Å². The Morgan fingerprint density at radius 3 is 2.40 bits per heavy atom. The zero-order valence-corrected chi connectivity index (χ0v) is 33.4. The number of aliphatic imine (C=N–C) groups is 1. The maximum atomic E-state index is 13.9. The predicted octanol–water partition coefficient (Wildman–Crippen LogP) is 7.22. The number of piperidine rings is 1. The summed E-state index contributed by atoms with van der Waals surface area (Å²) in [6.45, 7) is 12.5. The Bertz CT molecular complexity index is 2140. The van der Waals surface area contributed by atoms with Crippen molar-refractivity contribution < 1.29 is 29.0 Å². The summed E-state index contributed by atoms with van der Waals surface area (Å²) in [6, 6.07) is 11.7. The largest absolute Gasteiger partial charge is 0.478 e. The fraction of sp³-hybridized carbons (Fsp3) is 0.425. The average Bonchev–Trinajstić information content (AvgIpc) is 3.61.